The summed E-state index contributed by atoms with van der Waals surface area (Å²) in [6.07, 6.45) is 1.68. The molecule has 76 valence electrons. The molecule has 0 aliphatic heterocycles. The average Bonchev–Trinajstić information content (AvgIpc) is 2.20. The van der Waals surface area contributed by atoms with Crippen LogP contribution >= 0.6 is 0 Å². The van der Waals surface area contributed by atoms with E-state index < -0.39 is 0 Å². The van der Waals surface area contributed by atoms with Crippen molar-refractivity contribution in [3.63, 3.8) is 0 Å². The van der Waals surface area contributed by atoms with Crippen LogP contribution in [0.1, 0.15) is 31.1 Å². The van der Waals surface area contributed by atoms with Gasteiger partial charge < -0.3 is 4.90 Å². The summed E-state index contributed by atoms with van der Waals surface area (Å²) >= 11 is 0. The number of nitrogens with zero attached hydrogens (tertiary/aromatic N) is 2. The average molecular weight is 192 g/mol. The van der Waals surface area contributed by atoms with Gasteiger partial charge in [0.15, 0.2) is 5.78 Å². The lowest BCUT2D eigenvalue weighted by Crippen LogP contribution is -2.23. The molecule has 0 amide bonds. The van der Waals surface area contributed by atoms with Crippen molar-refractivity contribution in [2.24, 2.45) is 0 Å². The molecule has 0 N–H and O–H groups in total. The van der Waals surface area contributed by atoms with Crippen molar-refractivity contribution < 1.29 is 4.79 Å². The summed E-state index contributed by atoms with van der Waals surface area (Å²) in [4.78, 5) is 17.5. The van der Waals surface area contributed by atoms with Crippen molar-refractivity contribution >= 4 is 11.6 Å². The van der Waals surface area contributed by atoms with E-state index >= 15 is 0 Å². The van der Waals surface area contributed by atoms with E-state index in [1.165, 1.54) is 0 Å². The standard InChI is InChI=1S/C11H16N2O/c1-4-13(5-2)11-8-10(9(3)14)6-7-12-11/h6-8H,4-5H2,1-3H3. The number of ketones is 1. The fraction of sp³-hybridized carbons (Fsp3) is 0.455. The Morgan fingerprint density at radius 1 is 1.43 bits per heavy atom. The number of Topliss-reactive ketones (excluding diaryl/α,β-unsaturated/α-hetero) is 1. The molecule has 0 saturated carbocycles. The maximum absolute atomic E-state index is 11.2. The third kappa shape index (κ3) is 2.31. The van der Waals surface area contributed by atoms with Crippen molar-refractivity contribution in [3.05, 3.63) is 23.9 Å². The molecular weight excluding hydrogens is 176 g/mol. The Hall–Kier alpha value is -1.38. The molecule has 1 heterocycles. The quantitative estimate of drug-likeness (QED) is 0.685. The highest BCUT2D eigenvalue weighted by Gasteiger charge is 2.05. The second-order valence-corrected chi connectivity index (χ2v) is 3.13. The summed E-state index contributed by atoms with van der Waals surface area (Å²) in [5, 5.41) is 0. The lowest BCUT2D eigenvalue weighted by atomic mass is 10.2. The van der Waals surface area contributed by atoms with Crippen molar-refractivity contribution in [2.45, 2.75) is 20.8 Å². The van der Waals surface area contributed by atoms with Crippen LogP contribution in [0.15, 0.2) is 18.3 Å². The highest BCUT2D eigenvalue weighted by atomic mass is 16.1. The van der Waals surface area contributed by atoms with E-state index in [2.05, 4.69) is 23.7 Å². The third-order valence-electron chi connectivity index (χ3n) is 2.24. The number of aromatic nitrogens is 1. The maximum Gasteiger partial charge on any atom is 0.159 e. The zero-order valence-electron chi connectivity index (χ0n) is 8.95. The molecule has 14 heavy (non-hydrogen) atoms. The Kier molecular flexibility index (Phi) is 3.63. The number of carbonyl (C=O) groups excluding carboxylic acids is 1. The first-order chi connectivity index (χ1) is 6.69. The van der Waals surface area contributed by atoms with Crippen LogP contribution in [0.5, 0.6) is 0 Å². The molecule has 0 aliphatic rings. The van der Waals surface area contributed by atoms with Gasteiger partial charge in [0, 0.05) is 24.8 Å². The smallest absolute Gasteiger partial charge is 0.159 e. The Labute approximate surface area is 84.8 Å². The zero-order chi connectivity index (χ0) is 10.6. The van der Waals surface area contributed by atoms with Crippen molar-refractivity contribution in [3.8, 4) is 0 Å². The van der Waals surface area contributed by atoms with E-state index in [-0.39, 0.29) is 5.78 Å². The minimum absolute atomic E-state index is 0.0841. The van der Waals surface area contributed by atoms with Crippen molar-refractivity contribution in [2.75, 3.05) is 18.0 Å². The molecule has 0 bridgehead atoms. The number of rotatable bonds is 4. The van der Waals surface area contributed by atoms with Crippen LogP contribution in [-0.4, -0.2) is 23.9 Å². The Bertz CT molecular complexity index is 319. The molecule has 0 radical (unpaired) electrons. The fourth-order valence-electron chi connectivity index (χ4n) is 1.36. The minimum atomic E-state index is 0.0841. The molecule has 0 atom stereocenters. The molecule has 0 fully saturated rings. The first-order valence-corrected chi connectivity index (χ1v) is 4.91. The van der Waals surface area contributed by atoms with Crippen LogP contribution in [0.3, 0.4) is 0 Å². The molecule has 1 aromatic heterocycles. The number of hydrogen-bond acceptors (Lipinski definition) is 3. The summed E-state index contributed by atoms with van der Waals surface area (Å²) in [5.74, 6) is 0.962. The fourth-order valence-corrected chi connectivity index (χ4v) is 1.36. The molecule has 0 aliphatic carbocycles. The van der Waals surface area contributed by atoms with E-state index in [4.69, 9.17) is 0 Å². The predicted molar refractivity (Wildman–Crippen MR) is 57.8 cm³/mol. The Morgan fingerprint density at radius 3 is 2.57 bits per heavy atom. The zero-order valence-corrected chi connectivity index (χ0v) is 8.95. The second-order valence-electron chi connectivity index (χ2n) is 3.13. The molecule has 0 saturated heterocycles. The van der Waals surface area contributed by atoms with Gasteiger partial charge in [0.05, 0.1) is 0 Å². The number of hydrogen-bond donors (Lipinski definition) is 0. The summed E-state index contributed by atoms with van der Waals surface area (Å²) in [7, 11) is 0. The lowest BCUT2D eigenvalue weighted by molar-refractivity contribution is 0.101. The summed E-state index contributed by atoms with van der Waals surface area (Å²) < 4.78 is 0. The summed E-state index contributed by atoms with van der Waals surface area (Å²) in [6.45, 7) is 7.54. The van der Waals surface area contributed by atoms with Gasteiger partial charge in [-0.2, -0.15) is 0 Å². The van der Waals surface area contributed by atoms with E-state index in [1.807, 2.05) is 6.07 Å². The first-order valence-electron chi connectivity index (χ1n) is 4.91. The van der Waals surface area contributed by atoms with Crippen LogP contribution in [0, 0.1) is 0 Å². The lowest BCUT2D eigenvalue weighted by Gasteiger charge is -2.19. The van der Waals surface area contributed by atoms with Crippen LogP contribution in [0.2, 0.25) is 0 Å². The molecule has 0 aromatic carbocycles. The van der Waals surface area contributed by atoms with Gasteiger partial charge in [-0.05, 0) is 32.9 Å². The van der Waals surface area contributed by atoms with Gasteiger partial charge in [0.2, 0.25) is 0 Å². The topological polar surface area (TPSA) is 33.2 Å². The van der Waals surface area contributed by atoms with E-state index in [0.717, 1.165) is 24.5 Å². The molecule has 3 heteroatoms. The molecule has 0 spiro atoms. The second kappa shape index (κ2) is 4.74. The monoisotopic (exact) mass is 192 g/mol. The van der Waals surface area contributed by atoms with Crippen LogP contribution in [-0.2, 0) is 0 Å². The van der Waals surface area contributed by atoms with Crippen molar-refractivity contribution in [1.29, 1.82) is 0 Å². The first kappa shape index (κ1) is 10.7. The van der Waals surface area contributed by atoms with Crippen LogP contribution in [0.4, 0.5) is 5.82 Å². The van der Waals surface area contributed by atoms with Gasteiger partial charge in [-0.1, -0.05) is 0 Å². The number of carbonyl (C=O) groups is 1. The third-order valence-corrected chi connectivity index (χ3v) is 2.24. The summed E-state index contributed by atoms with van der Waals surface area (Å²) in [5.41, 5.74) is 0.724. The highest BCUT2D eigenvalue weighted by Crippen LogP contribution is 2.12. The molecular formula is C11H16N2O. The Morgan fingerprint density at radius 2 is 2.07 bits per heavy atom. The van der Waals surface area contributed by atoms with E-state index in [1.54, 1.807) is 19.2 Å². The largest absolute Gasteiger partial charge is 0.357 e. The van der Waals surface area contributed by atoms with Gasteiger partial charge in [-0.15, -0.1) is 0 Å². The van der Waals surface area contributed by atoms with Gasteiger partial charge >= 0.3 is 0 Å². The van der Waals surface area contributed by atoms with E-state index in [0.29, 0.717) is 0 Å². The van der Waals surface area contributed by atoms with Gasteiger partial charge in [-0.25, -0.2) is 4.98 Å². The number of anilines is 1. The minimum Gasteiger partial charge on any atom is -0.357 e. The molecule has 0 unspecified atom stereocenters. The predicted octanol–water partition coefficient (Wildman–Crippen LogP) is 2.13. The van der Waals surface area contributed by atoms with E-state index in [9.17, 15) is 4.79 Å². The van der Waals surface area contributed by atoms with Crippen LogP contribution in [0.25, 0.3) is 0 Å². The van der Waals surface area contributed by atoms with Gasteiger partial charge in [0.25, 0.3) is 0 Å². The normalized spacial score (nSPS) is 9.93. The van der Waals surface area contributed by atoms with Gasteiger partial charge in [0.1, 0.15) is 5.82 Å². The summed E-state index contributed by atoms with van der Waals surface area (Å²) in [6, 6.07) is 3.59. The van der Waals surface area contributed by atoms with Crippen molar-refractivity contribution in [1.82, 2.24) is 4.98 Å². The number of pyridine rings is 1. The maximum atomic E-state index is 11.2. The van der Waals surface area contributed by atoms with Gasteiger partial charge in [-0.3, -0.25) is 4.79 Å². The molecule has 1 aromatic rings. The Balaban J connectivity index is 2.98. The molecule has 1 rings (SSSR count). The van der Waals surface area contributed by atoms with Crippen LogP contribution < -0.4 is 4.90 Å². The highest BCUT2D eigenvalue weighted by molar-refractivity contribution is 5.94. The molecule has 3 nitrogen and oxygen atoms in total. The SMILES string of the molecule is CCN(CC)c1cc(C(C)=O)ccn1.